The number of carbonyl (C=O) groups excluding carboxylic acids is 1. The molecule has 0 bridgehead atoms. The second-order valence-electron chi connectivity index (χ2n) is 7.09. The molecule has 1 amide bonds. The van der Waals surface area contributed by atoms with Crippen molar-refractivity contribution in [1.29, 1.82) is 0 Å². The fraction of sp³-hybridized carbons (Fsp3) is 0.217. The molecular weight excluding hydrogens is 391 g/mol. The minimum absolute atomic E-state index is 0. The molecule has 0 atom stereocenters. The number of benzene rings is 2. The lowest BCUT2D eigenvalue weighted by atomic mass is 9.96. The van der Waals surface area contributed by atoms with E-state index in [1.165, 1.54) is 22.4 Å². The highest BCUT2D eigenvalue weighted by Crippen LogP contribution is 2.31. The van der Waals surface area contributed by atoms with Crippen molar-refractivity contribution in [3.63, 3.8) is 0 Å². The molecule has 1 heterocycles. The van der Waals surface area contributed by atoms with Gasteiger partial charge in [-0.3, -0.25) is 9.78 Å². The summed E-state index contributed by atoms with van der Waals surface area (Å²) in [6.45, 7) is 0. The Morgan fingerprint density at radius 2 is 1.79 bits per heavy atom. The maximum Gasteiger partial charge on any atom is 0.221 e. The van der Waals surface area contributed by atoms with Gasteiger partial charge in [0, 0.05) is 16.3 Å². The van der Waals surface area contributed by atoms with Crippen LogP contribution in [0.4, 0.5) is 0 Å². The van der Waals surface area contributed by atoms with E-state index in [9.17, 15) is 4.79 Å². The number of nitrogens with zero attached hydrogens (tertiary/aromatic N) is 1. The zero-order chi connectivity index (χ0) is 18.8. The number of hydrogen-bond donors (Lipinski definition) is 1. The zero-order valence-electron chi connectivity index (χ0n) is 15.5. The van der Waals surface area contributed by atoms with Crippen LogP contribution < -0.4 is 5.73 Å². The number of aromatic nitrogens is 1. The molecular formula is C23H22Cl2N2O. The lowest BCUT2D eigenvalue weighted by molar-refractivity contribution is -0.117. The summed E-state index contributed by atoms with van der Waals surface area (Å²) in [4.78, 5) is 16.0. The number of amides is 1. The molecule has 3 nitrogen and oxygen atoms in total. The Morgan fingerprint density at radius 3 is 2.50 bits per heavy atom. The van der Waals surface area contributed by atoms with Gasteiger partial charge in [-0.15, -0.1) is 12.4 Å². The number of rotatable bonds is 5. The molecule has 4 rings (SSSR count). The van der Waals surface area contributed by atoms with E-state index in [4.69, 9.17) is 22.3 Å². The molecule has 1 aliphatic rings. The Balaban J connectivity index is 0.00000225. The fourth-order valence-corrected chi connectivity index (χ4v) is 3.97. The van der Waals surface area contributed by atoms with Crippen LogP contribution in [0.5, 0.6) is 0 Å². The summed E-state index contributed by atoms with van der Waals surface area (Å²) in [6.07, 6.45) is 4.42. The summed E-state index contributed by atoms with van der Waals surface area (Å²) in [5, 5.41) is 0.724. The van der Waals surface area contributed by atoms with Gasteiger partial charge < -0.3 is 5.73 Å². The minimum atomic E-state index is -0.305. The molecule has 0 saturated carbocycles. The van der Waals surface area contributed by atoms with E-state index < -0.39 is 0 Å². The van der Waals surface area contributed by atoms with E-state index in [0.29, 0.717) is 0 Å². The van der Waals surface area contributed by atoms with Gasteiger partial charge in [0.25, 0.3) is 0 Å². The van der Waals surface area contributed by atoms with E-state index in [2.05, 4.69) is 24.3 Å². The van der Waals surface area contributed by atoms with Crippen LogP contribution in [0, 0.1) is 0 Å². The summed E-state index contributed by atoms with van der Waals surface area (Å²) >= 11 is 6.17. The first-order valence-electron chi connectivity index (χ1n) is 9.22. The smallest absolute Gasteiger partial charge is 0.221 e. The number of fused-ring (bicyclic) bond motifs is 1. The molecule has 0 aliphatic heterocycles. The Morgan fingerprint density at radius 1 is 1.04 bits per heavy atom. The van der Waals surface area contributed by atoms with Crippen molar-refractivity contribution >= 4 is 29.9 Å². The van der Waals surface area contributed by atoms with Crippen molar-refractivity contribution < 1.29 is 4.79 Å². The van der Waals surface area contributed by atoms with Gasteiger partial charge in [0.2, 0.25) is 5.91 Å². The Bertz CT molecular complexity index is 1000. The molecule has 0 spiro atoms. The van der Waals surface area contributed by atoms with E-state index in [0.717, 1.165) is 47.5 Å². The molecule has 2 N–H and O–H groups in total. The lowest BCUT2D eigenvalue weighted by Crippen LogP contribution is -2.13. The molecule has 144 valence electrons. The number of nitrogens with two attached hydrogens (primary N) is 1. The fourth-order valence-electron chi connectivity index (χ4n) is 3.78. The summed E-state index contributed by atoms with van der Waals surface area (Å²) < 4.78 is 0. The van der Waals surface area contributed by atoms with E-state index in [-0.39, 0.29) is 24.7 Å². The third-order valence-electron chi connectivity index (χ3n) is 5.06. The highest BCUT2D eigenvalue weighted by molar-refractivity contribution is 6.30. The van der Waals surface area contributed by atoms with E-state index >= 15 is 0 Å². The zero-order valence-corrected chi connectivity index (χ0v) is 17.0. The molecule has 2 aromatic carbocycles. The molecule has 0 radical (unpaired) electrons. The third kappa shape index (κ3) is 4.54. The van der Waals surface area contributed by atoms with Gasteiger partial charge in [-0.25, -0.2) is 0 Å². The standard InChI is InChI=1S/C23H21ClN2O.ClH/c24-19-4-1-3-17(13-19)22-14-18(20-5-2-6-21(20)26-22)11-15-7-9-16(10-8-15)12-23(25)27;/h1,3-4,7-10,13-14H,2,5-6,11-12H2,(H2,25,27);1H. The van der Waals surface area contributed by atoms with Crippen molar-refractivity contribution in [1.82, 2.24) is 4.98 Å². The van der Waals surface area contributed by atoms with Gasteiger partial charge in [-0.2, -0.15) is 0 Å². The SMILES string of the molecule is Cl.NC(=O)Cc1ccc(Cc2cc(-c3cccc(Cl)c3)nc3c2CCC3)cc1. The third-order valence-corrected chi connectivity index (χ3v) is 5.29. The Labute approximate surface area is 176 Å². The van der Waals surface area contributed by atoms with Gasteiger partial charge in [0.1, 0.15) is 0 Å². The van der Waals surface area contributed by atoms with Crippen molar-refractivity contribution in [2.45, 2.75) is 32.1 Å². The predicted molar refractivity (Wildman–Crippen MR) is 116 cm³/mol. The molecule has 1 aliphatic carbocycles. The van der Waals surface area contributed by atoms with E-state index in [1.807, 2.05) is 30.3 Å². The first-order chi connectivity index (χ1) is 13.1. The van der Waals surface area contributed by atoms with Crippen LogP contribution in [0.3, 0.4) is 0 Å². The van der Waals surface area contributed by atoms with Crippen molar-refractivity contribution in [3.05, 3.63) is 87.6 Å². The maximum absolute atomic E-state index is 11.1. The average Bonchev–Trinajstić information content (AvgIpc) is 3.12. The number of halogens is 2. The molecule has 0 unspecified atom stereocenters. The quantitative estimate of drug-likeness (QED) is 0.645. The number of hydrogen-bond acceptors (Lipinski definition) is 2. The van der Waals surface area contributed by atoms with Crippen molar-refractivity contribution in [2.75, 3.05) is 0 Å². The van der Waals surface area contributed by atoms with Crippen LogP contribution in [0.15, 0.2) is 54.6 Å². The first-order valence-corrected chi connectivity index (χ1v) is 9.60. The number of aryl methyl sites for hydroxylation is 1. The molecule has 3 aromatic rings. The monoisotopic (exact) mass is 412 g/mol. The Kier molecular flexibility index (Phi) is 6.38. The molecule has 0 fully saturated rings. The van der Waals surface area contributed by atoms with Crippen molar-refractivity contribution in [2.24, 2.45) is 5.73 Å². The average molecular weight is 413 g/mol. The van der Waals surface area contributed by atoms with Gasteiger partial charge in [0.15, 0.2) is 0 Å². The normalized spacial score (nSPS) is 12.3. The minimum Gasteiger partial charge on any atom is -0.369 e. The second kappa shape index (κ2) is 8.76. The predicted octanol–water partition coefficient (Wildman–Crippen LogP) is 4.93. The van der Waals surface area contributed by atoms with Crippen LogP contribution in [0.25, 0.3) is 11.3 Å². The molecule has 0 saturated heterocycles. The lowest BCUT2D eigenvalue weighted by Gasteiger charge is -2.12. The first kappa shape index (κ1) is 20.4. The van der Waals surface area contributed by atoms with E-state index in [1.54, 1.807) is 0 Å². The van der Waals surface area contributed by atoms with Crippen LogP contribution >= 0.6 is 24.0 Å². The summed E-state index contributed by atoms with van der Waals surface area (Å²) in [6, 6.07) is 18.2. The highest BCUT2D eigenvalue weighted by Gasteiger charge is 2.18. The summed E-state index contributed by atoms with van der Waals surface area (Å²) in [5.74, 6) is -0.305. The molecule has 28 heavy (non-hydrogen) atoms. The molecule has 1 aromatic heterocycles. The molecule has 5 heteroatoms. The van der Waals surface area contributed by atoms with Gasteiger partial charge in [0.05, 0.1) is 12.1 Å². The summed E-state index contributed by atoms with van der Waals surface area (Å²) in [5.41, 5.74) is 13.4. The largest absolute Gasteiger partial charge is 0.369 e. The van der Waals surface area contributed by atoms with Crippen LogP contribution in [0.2, 0.25) is 5.02 Å². The highest BCUT2D eigenvalue weighted by atomic mass is 35.5. The maximum atomic E-state index is 11.1. The van der Waals surface area contributed by atoms with Gasteiger partial charge >= 0.3 is 0 Å². The Hall–Kier alpha value is -2.36. The van der Waals surface area contributed by atoms with Crippen LogP contribution in [-0.4, -0.2) is 10.9 Å². The second-order valence-corrected chi connectivity index (χ2v) is 7.53. The van der Waals surface area contributed by atoms with Gasteiger partial charge in [-0.05, 0) is 66.1 Å². The van der Waals surface area contributed by atoms with Crippen LogP contribution in [0.1, 0.15) is 34.4 Å². The number of primary amides is 1. The van der Waals surface area contributed by atoms with Crippen molar-refractivity contribution in [3.8, 4) is 11.3 Å². The topological polar surface area (TPSA) is 56.0 Å². The number of carbonyl (C=O) groups is 1. The van der Waals surface area contributed by atoms with Crippen LogP contribution in [-0.2, 0) is 30.5 Å². The van der Waals surface area contributed by atoms with Gasteiger partial charge in [-0.1, -0.05) is 48.0 Å². The number of pyridine rings is 1. The summed E-state index contributed by atoms with van der Waals surface area (Å²) in [7, 11) is 0.